The molecule has 0 aromatic heterocycles. The van der Waals surface area contributed by atoms with E-state index in [9.17, 15) is 0 Å². The molecule has 4 heteroatoms. The second-order valence-electron chi connectivity index (χ2n) is 5.27. The van der Waals surface area contributed by atoms with Crippen molar-refractivity contribution in [3.05, 3.63) is 0 Å². The molecule has 0 bridgehead atoms. The zero-order valence-electron chi connectivity index (χ0n) is 11.3. The van der Waals surface area contributed by atoms with Crippen molar-refractivity contribution in [1.29, 1.82) is 0 Å². The average molecular weight is 258 g/mol. The Morgan fingerprint density at radius 2 is 2.18 bits per heavy atom. The first-order chi connectivity index (χ1) is 8.22. The molecule has 100 valence electrons. The largest absolute Gasteiger partial charge is 0.379 e. The summed E-state index contributed by atoms with van der Waals surface area (Å²) in [7, 11) is 0. The summed E-state index contributed by atoms with van der Waals surface area (Å²) < 4.78 is 5.63. The van der Waals surface area contributed by atoms with E-state index in [1.165, 1.54) is 18.8 Å². The van der Waals surface area contributed by atoms with E-state index in [4.69, 9.17) is 4.74 Å². The van der Waals surface area contributed by atoms with Crippen molar-refractivity contribution in [1.82, 2.24) is 10.2 Å². The van der Waals surface area contributed by atoms with Gasteiger partial charge >= 0.3 is 0 Å². The fourth-order valence-electron chi connectivity index (χ4n) is 2.82. The average Bonchev–Trinajstić information content (AvgIpc) is 2.73. The van der Waals surface area contributed by atoms with Gasteiger partial charge in [0.25, 0.3) is 0 Å². The molecular weight excluding hydrogens is 232 g/mol. The molecule has 0 aromatic carbocycles. The van der Waals surface area contributed by atoms with E-state index >= 15 is 0 Å². The van der Waals surface area contributed by atoms with Crippen molar-refractivity contribution in [2.75, 3.05) is 38.6 Å². The summed E-state index contributed by atoms with van der Waals surface area (Å²) in [4.78, 5) is 2.66. The molecule has 0 aromatic rings. The number of likely N-dealkylation sites (N-methyl/N-ethyl adjacent to an activating group) is 1. The SMILES string of the molecule is CCNC1COCC1CN1CCSC(C)C1C. The molecule has 2 aliphatic rings. The molecule has 0 amide bonds. The Morgan fingerprint density at radius 3 is 2.94 bits per heavy atom. The van der Waals surface area contributed by atoms with Gasteiger partial charge < -0.3 is 10.1 Å². The maximum absolute atomic E-state index is 5.63. The first-order valence-electron chi connectivity index (χ1n) is 6.89. The summed E-state index contributed by atoms with van der Waals surface area (Å²) in [5.74, 6) is 1.96. The standard InChI is InChI=1S/C13H26N2OS/c1-4-14-13-9-16-8-12(13)7-15-5-6-17-11(3)10(15)2/h10-14H,4-9H2,1-3H3. The lowest BCUT2D eigenvalue weighted by Crippen LogP contribution is -2.49. The van der Waals surface area contributed by atoms with Crippen molar-refractivity contribution in [3.63, 3.8) is 0 Å². The summed E-state index contributed by atoms with van der Waals surface area (Å²) in [6, 6.07) is 1.27. The minimum atomic E-state index is 0.567. The van der Waals surface area contributed by atoms with E-state index in [-0.39, 0.29) is 0 Å². The zero-order valence-corrected chi connectivity index (χ0v) is 12.1. The first kappa shape index (κ1) is 13.7. The van der Waals surface area contributed by atoms with Crippen LogP contribution in [0.5, 0.6) is 0 Å². The van der Waals surface area contributed by atoms with Crippen molar-refractivity contribution >= 4 is 11.8 Å². The van der Waals surface area contributed by atoms with Crippen LogP contribution in [0.2, 0.25) is 0 Å². The number of ether oxygens (including phenoxy) is 1. The highest BCUT2D eigenvalue weighted by Crippen LogP contribution is 2.26. The molecule has 0 radical (unpaired) electrons. The van der Waals surface area contributed by atoms with E-state index in [0.717, 1.165) is 25.0 Å². The Bertz CT molecular complexity index is 239. The number of hydrogen-bond donors (Lipinski definition) is 1. The second-order valence-corrected chi connectivity index (χ2v) is 6.76. The minimum absolute atomic E-state index is 0.567. The number of thioether (sulfide) groups is 1. The highest BCUT2D eigenvalue weighted by atomic mass is 32.2. The Hall–Kier alpha value is 0.230. The molecule has 1 N–H and O–H groups in total. The molecule has 0 saturated carbocycles. The summed E-state index contributed by atoms with van der Waals surface area (Å²) in [5.41, 5.74) is 0. The van der Waals surface area contributed by atoms with Gasteiger partial charge in [0.1, 0.15) is 0 Å². The molecule has 2 aliphatic heterocycles. The first-order valence-corrected chi connectivity index (χ1v) is 7.94. The third-order valence-corrected chi connectivity index (χ3v) is 5.49. The van der Waals surface area contributed by atoms with E-state index in [1.54, 1.807) is 0 Å². The van der Waals surface area contributed by atoms with Gasteiger partial charge in [0, 0.05) is 42.1 Å². The summed E-state index contributed by atoms with van der Waals surface area (Å²) in [5, 5.41) is 4.32. The van der Waals surface area contributed by atoms with Crippen LogP contribution in [0.4, 0.5) is 0 Å². The molecule has 2 heterocycles. The Labute approximate surface area is 110 Å². The molecule has 2 rings (SSSR count). The van der Waals surface area contributed by atoms with E-state index in [2.05, 4.69) is 42.7 Å². The van der Waals surface area contributed by atoms with Gasteiger partial charge in [-0.15, -0.1) is 0 Å². The third-order valence-electron chi connectivity index (χ3n) is 4.15. The van der Waals surface area contributed by atoms with Gasteiger partial charge in [-0.25, -0.2) is 0 Å². The third kappa shape index (κ3) is 3.37. The van der Waals surface area contributed by atoms with Gasteiger partial charge in [-0.1, -0.05) is 13.8 Å². The maximum Gasteiger partial charge on any atom is 0.0623 e. The van der Waals surface area contributed by atoms with Crippen molar-refractivity contribution in [2.45, 2.75) is 38.1 Å². The molecule has 2 fully saturated rings. The van der Waals surface area contributed by atoms with Gasteiger partial charge in [-0.3, -0.25) is 4.90 Å². The van der Waals surface area contributed by atoms with E-state index < -0.39 is 0 Å². The highest BCUT2D eigenvalue weighted by molar-refractivity contribution is 8.00. The Morgan fingerprint density at radius 1 is 1.35 bits per heavy atom. The molecule has 4 unspecified atom stereocenters. The van der Waals surface area contributed by atoms with Crippen LogP contribution >= 0.6 is 11.8 Å². The summed E-state index contributed by atoms with van der Waals surface area (Å²) in [6.45, 7) is 12.2. The predicted molar refractivity (Wildman–Crippen MR) is 74.7 cm³/mol. The van der Waals surface area contributed by atoms with Crippen molar-refractivity contribution in [2.24, 2.45) is 5.92 Å². The Balaban J connectivity index is 1.86. The molecule has 17 heavy (non-hydrogen) atoms. The normalized spacial score (nSPS) is 39.7. The van der Waals surface area contributed by atoms with E-state index in [1.807, 2.05) is 0 Å². The fraction of sp³-hybridized carbons (Fsp3) is 1.00. The molecular formula is C13H26N2OS. The molecule has 4 atom stereocenters. The maximum atomic E-state index is 5.63. The summed E-state index contributed by atoms with van der Waals surface area (Å²) in [6.07, 6.45) is 0. The van der Waals surface area contributed by atoms with Gasteiger partial charge in [0.15, 0.2) is 0 Å². The predicted octanol–water partition coefficient (Wildman–Crippen LogP) is 1.44. The van der Waals surface area contributed by atoms with Crippen LogP contribution in [-0.4, -0.2) is 60.8 Å². The zero-order chi connectivity index (χ0) is 12.3. The van der Waals surface area contributed by atoms with Crippen LogP contribution in [0.3, 0.4) is 0 Å². The number of hydrogen-bond acceptors (Lipinski definition) is 4. The van der Waals surface area contributed by atoms with Gasteiger partial charge in [-0.05, 0) is 13.5 Å². The quantitative estimate of drug-likeness (QED) is 0.825. The topological polar surface area (TPSA) is 24.5 Å². The van der Waals surface area contributed by atoms with Crippen LogP contribution in [-0.2, 0) is 4.74 Å². The summed E-state index contributed by atoms with van der Waals surface area (Å²) >= 11 is 2.11. The minimum Gasteiger partial charge on any atom is -0.379 e. The van der Waals surface area contributed by atoms with Gasteiger partial charge in [-0.2, -0.15) is 11.8 Å². The molecule has 0 aliphatic carbocycles. The fourth-order valence-corrected chi connectivity index (χ4v) is 3.98. The van der Waals surface area contributed by atoms with Crippen molar-refractivity contribution < 1.29 is 4.74 Å². The number of rotatable bonds is 4. The van der Waals surface area contributed by atoms with Gasteiger partial charge in [0.2, 0.25) is 0 Å². The lowest BCUT2D eigenvalue weighted by Gasteiger charge is -2.39. The molecule has 0 spiro atoms. The number of nitrogens with one attached hydrogen (secondary N) is 1. The van der Waals surface area contributed by atoms with Crippen LogP contribution in [0.1, 0.15) is 20.8 Å². The van der Waals surface area contributed by atoms with Crippen LogP contribution < -0.4 is 5.32 Å². The molecule has 3 nitrogen and oxygen atoms in total. The van der Waals surface area contributed by atoms with Crippen LogP contribution in [0.25, 0.3) is 0 Å². The smallest absolute Gasteiger partial charge is 0.0623 e. The monoisotopic (exact) mass is 258 g/mol. The van der Waals surface area contributed by atoms with Crippen LogP contribution in [0.15, 0.2) is 0 Å². The highest BCUT2D eigenvalue weighted by Gasteiger charge is 2.32. The van der Waals surface area contributed by atoms with Gasteiger partial charge in [0.05, 0.1) is 13.2 Å². The lowest BCUT2D eigenvalue weighted by atomic mass is 10.0. The van der Waals surface area contributed by atoms with E-state index in [0.29, 0.717) is 18.0 Å². The molecule has 2 saturated heterocycles. The Kier molecular flexibility index (Phi) is 5.15. The number of nitrogens with zero attached hydrogens (tertiary/aromatic N) is 1. The van der Waals surface area contributed by atoms with Crippen molar-refractivity contribution in [3.8, 4) is 0 Å². The lowest BCUT2D eigenvalue weighted by molar-refractivity contribution is 0.149. The van der Waals surface area contributed by atoms with Crippen LogP contribution in [0, 0.1) is 5.92 Å². The second kappa shape index (κ2) is 6.41.